The smallest absolute Gasteiger partial charge is 0.219 e. The van der Waals surface area contributed by atoms with Crippen molar-refractivity contribution in [3.63, 3.8) is 0 Å². The second-order valence-electron chi connectivity index (χ2n) is 7.94. The van der Waals surface area contributed by atoms with E-state index in [1.165, 1.54) is 95.2 Å². The monoisotopic (exact) mass is 368 g/mol. The third-order valence-corrected chi connectivity index (χ3v) is 6.83. The molecule has 0 bridgehead atoms. The molecule has 0 aliphatic carbocycles. The number of unbranched alkanes of at least 4 members (excludes halogenated alkanes) is 13. The van der Waals surface area contributed by atoms with E-state index in [1.54, 1.807) is 6.92 Å². The molecule has 1 rings (SSSR count). The second kappa shape index (κ2) is 12.8. The lowest BCUT2D eigenvalue weighted by molar-refractivity contribution is -0.107. The lowest BCUT2D eigenvalue weighted by Gasteiger charge is -2.22. The van der Waals surface area contributed by atoms with Crippen molar-refractivity contribution in [3.8, 4) is 0 Å². The summed E-state index contributed by atoms with van der Waals surface area (Å²) < 4.78 is -0.363. The summed E-state index contributed by atoms with van der Waals surface area (Å²) in [6, 6.07) is 0. The Morgan fingerprint density at radius 2 is 1.20 bits per heavy atom. The van der Waals surface area contributed by atoms with Crippen molar-refractivity contribution in [2.45, 2.75) is 122 Å². The molecule has 1 aliphatic heterocycles. The van der Waals surface area contributed by atoms with E-state index in [-0.39, 0.29) is 9.86 Å². The van der Waals surface area contributed by atoms with Gasteiger partial charge in [0.25, 0.3) is 0 Å². The van der Waals surface area contributed by atoms with E-state index in [2.05, 4.69) is 6.92 Å². The molecular weight excluding hydrogens is 328 g/mol. The molecule has 1 heterocycles. The van der Waals surface area contributed by atoms with Crippen LogP contribution in [0.4, 0.5) is 0 Å². The molecule has 1 atom stereocenters. The molecule has 25 heavy (non-hydrogen) atoms. The van der Waals surface area contributed by atoms with Gasteiger partial charge in [0, 0.05) is 5.57 Å². The van der Waals surface area contributed by atoms with Gasteiger partial charge in [-0.05, 0) is 20.3 Å². The molecule has 1 aliphatic rings. The number of aliphatic hydroxyl groups excluding tert-OH is 1. The van der Waals surface area contributed by atoms with E-state index < -0.39 is 0 Å². The highest BCUT2D eigenvalue weighted by atomic mass is 32.2. The Kier molecular flexibility index (Phi) is 11.6. The van der Waals surface area contributed by atoms with Crippen molar-refractivity contribution in [1.29, 1.82) is 0 Å². The number of rotatable bonds is 15. The van der Waals surface area contributed by atoms with Crippen molar-refractivity contribution in [3.05, 3.63) is 11.3 Å². The molecule has 0 saturated carbocycles. The van der Waals surface area contributed by atoms with Gasteiger partial charge < -0.3 is 5.11 Å². The van der Waals surface area contributed by atoms with Crippen LogP contribution < -0.4 is 0 Å². The molecular formula is C22H40O2S. The Morgan fingerprint density at radius 1 is 0.800 bits per heavy atom. The van der Waals surface area contributed by atoms with Gasteiger partial charge in [-0.25, -0.2) is 0 Å². The Morgan fingerprint density at radius 3 is 1.56 bits per heavy atom. The first kappa shape index (κ1) is 22.6. The molecule has 0 radical (unpaired) electrons. The standard InChI is InChI=1S/C22H40O2S/c1-4-5-6-7-8-9-10-11-12-13-14-15-16-17-18-22(3)20(23)19(2)21(24)25-22/h23H,4-18H2,1-3H3. The molecule has 0 amide bonds. The first-order valence-electron chi connectivity index (χ1n) is 10.6. The summed E-state index contributed by atoms with van der Waals surface area (Å²) in [4.78, 5) is 11.7. The van der Waals surface area contributed by atoms with E-state index in [9.17, 15) is 9.90 Å². The van der Waals surface area contributed by atoms with Gasteiger partial charge in [0.05, 0.1) is 4.75 Å². The van der Waals surface area contributed by atoms with Crippen molar-refractivity contribution < 1.29 is 9.90 Å². The van der Waals surface area contributed by atoms with Crippen LogP contribution in [0.25, 0.3) is 0 Å². The van der Waals surface area contributed by atoms with E-state index >= 15 is 0 Å². The van der Waals surface area contributed by atoms with E-state index in [1.807, 2.05) is 6.92 Å². The van der Waals surface area contributed by atoms with Gasteiger partial charge in [0.15, 0.2) is 0 Å². The maximum absolute atomic E-state index is 11.7. The highest BCUT2D eigenvalue weighted by molar-refractivity contribution is 8.15. The Bertz CT molecular complexity index is 416. The van der Waals surface area contributed by atoms with Crippen molar-refractivity contribution in [2.24, 2.45) is 0 Å². The summed E-state index contributed by atoms with van der Waals surface area (Å²) >= 11 is 1.31. The van der Waals surface area contributed by atoms with Gasteiger partial charge >= 0.3 is 0 Å². The first-order chi connectivity index (χ1) is 12.0. The zero-order valence-electron chi connectivity index (χ0n) is 16.9. The summed E-state index contributed by atoms with van der Waals surface area (Å²) in [6.45, 7) is 6.02. The lowest BCUT2D eigenvalue weighted by atomic mass is 9.97. The molecule has 0 saturated heterocycles. The van der Waals surface area contributed by atoms with Crippen LogP contribution in [-0.4, -0.2) is 15.0 Å². The Balaban J connectivity index is 1.89. The number of carbonyl (C=O) groups excluding carboxylic acids is 1. The van der Waals surface area contributed by atoms with E-state index in [0.717, 1.165) is 12.8 Å². The Labute approximate surface area is 160 Å². The largest absolute Gasteiger partial charge is 0.510 e. The molecule has 146 valence electrons. The van der Waals surface area contributed by atoms with E-state index in [0.29, 0.717) is 11.3 Å². The topological polar surface area (TPSA) is 37.3 Å². The number of hydrogen-bond acceptors (Lipinski definition) is 3. The molecule has 2 nitrogen and oxygen atoms in total. The van der Waals surface area contributed by atoms with Crippen LogP contribution in [0.15, 0.2) is 11.3 Å². The van der Waals surface area contributed by atoms with Crippen LogP contribution in [-0.2, 0) is 4.79 Å². The summed E-state index contributed by atoms with van der Waals surface area (Å²) in [5.74, 6) is 0.317. The van der Waals surface area contributed by atoms with E-state index in [4.69, 9.17) is 0 Å². The van der Waals surface area contributed by atoms with Gasteiger partial charge in [-0.1, -0.05) is 109 Å². The lowest BCUT2D eigenvalue weighted by Crippen LogP contribution is -2.20. The van der Waals surface area contributed by atoms with Gasteiger partial charge in [0.1, 0.15) is 5.76 Å². The fourth-order valence-electron chi connectivity index (χ4n) is 3.65. The third-order valence-electron chi connectivity index (χ3n) is 5.49. The Hall–Kier alpha value is -0.440. The molecule has 1 unspecified atom stereocenters. The second-order valence-corrected chi connectivity index (χ2v) is 9.42. The van der Waals surface area contributed by atoms with Crippen LogP contribution in [0.5, 0.6) is 0 Å². The average molecular weight is 369 g/mol. The normalized spacial score (nSPS) is 20.7. The van der Waals surface area contributed by atoms with Crippen molar-refractivity contribution in [1.82, 2.24) is 0 Å². The van der Waals surface area contributed by atoms with Crippen molar-refractivity contribution >= 4 is 16.9 Å². The highest BCUT2D eigenvalue weighted by Gasteiger charge is 2.41. The summed E-state index contributed by atoms with van der Waals surface area (Å²) in [7, 11) is 0. The summed E-state index contributed by atoms with van der Waals surface area (Å²) in [5, 5.41) is 10.2. The molecule has 0 fully saturated rings. The van der Waals surface area contributed by atoms with Gasteiger partial charge in [-0.3, -0.25) is 4.79 Å². The van der Waals surface area contributed by atoms with Gasteiger partial charge in [0.2, 0.25) is 5.12 Å². The van der Waals surface area contributed by atoms with Crippen LogP contribution in [0.3, 0.4) is 0 Å². The van der Waals surface area contributed by atoms with Gasteiger partial charge in [-0.2, -0.15) is 0 Å². The number of carbonyl (C=O) groups is 1. The molecule has 0 aromatic rings. The fraction of sp³-hybridized carbons (Fsp3) is 0.864. The quantitative estimate of drug-likeness (QED) is 0.301. The predicted octanol–water partition coefficient (Wildman–Crippen LogP) is 7.72. The summed E-state index contributed by atoms with van der Waals surface area (Å²) in [5.41, 5.74) is 0.554. The number of thioether (sulfide) groups is 1. The van der Waals surface area contributed by atoms with Crippen LogP contribution in [0, 0.1) is 0 Å². The third kappa shape index (κ3) is 8.66. The number of hydrogen-bond donors (Lipinski definition) is 1. The zero-order chi connectivity index (χ0) is 18.5. The molecule has 0 spiro atoms. The molecule has 0 aromatic carbocycles. The average Bonchev–Trinajstić information content (AvgIpc) is 2.78. The van der Waals surface area contributed by atoms with Crippen LogP contribution >= 0.6 is 11.8 Å². The highest BCUT2D eigenvalue weighted by Crippen LogP contribution is 2.45. The fourth-order valence-corrected chi connectivity index (χ4v) is 4.80. The molecule has 0 aromatic heterocycles. The maximum Gasteiger partial charge on any atom is 0.219 e. The minimum Gasteiger partial charge on any atom is -0.510 e. The first-order valence-corrected chi connectivity index (χ1v) is 11.5. The number of aliphatic hydroxyl groups is 1. The SMILES string of the molecule is CCCCCCCCCCCCCCCCC1(C)SC(=O)C(C)=C1O. The zero-order valence-corrected chi connectivity index (χ0v) is 17.7. The van der Waals surface area contributed by atoms with Crippen molar-refractivity contribution in [2.75, 3.05) is 0 Å². The van der Waals surface area contributed by atoms with Gasteiger partial charge in [-0.15, -0.1) is 0 Å². The summed E-state index contributed by atoms with van der Waals surface area (Å²) in [6.07, 6.45) is 19.9. The maximum atomic E-state index is 11.7. The predicted molar refractivity (Wildman–Crippen MR) is 111 cm³/mol. The minimum atomic E-state index is -0.363. The molecule has 1 N–H and O–H groups in total. The van der Waals surface area contributed by atoms with Crippen LogP contribution in [0.1, 0.15) is 117 Å². The van der Waals surface area contributed by atoms with Crippen LogP contribution in [0.2, 0.25) is 0 Å². The minimum absolute atomic E-state index is 0.0466. The molecule has 3 heteroatoms.